The van der Waals surface area contributed by atoms with Gasteiger partial charge in [-0.2, -0.15) is 0 Å². The number of halogens is 1. The number of fused-ring (bicyclic) bond motifs is 1. The molecule has 1 amide bonds. The van der Waals surface area contributed by atoms with Crippen molar-refractivity contribution in [3.8, 4) is 0 Å². The molecule has 1 aliphatic heterocycles. The minimum Gasteiger partial charge on any atom is -0.397 e. The van der Waals surface area contributed by atoms with Crippen LogP contribution >= 0.6 is 20.6 Å². The van der Waals surface area contributed by atoms with Gasteiger partial charge < -0.3 is 21.3 Å². The summed E-state index contributed by atoms with van der Waals surface area (Å²) in [5.74, 6) is -0.499. The Hall–Kier alpha value is -2.28. The number of nitrogens with zero attached hydrogens (tertiary/aromatic N) is 2. The lowest BCUT2D eigenvalue weighted by Gasteiger charge is -2.22. The third kappa shape index (κ3) is 4.52. The van der Waals surface area contributed by atoms with Gasteiger partial charge in [-0.05, 0) is 61.9 Å². The quantitative estimate of drug-likeness (QED) is 0.494. The van der Waals surface area contributed by atoms with Crippen LogP contribution in [0.2, 0.25) is 0 Å². The molecule has 164 valence electrons. The van der Waals surface area contributed by atoms with E-state index in [1.165, 1.54) is 11.3 Å². The van der Waals surface area contributed by atoms with Crippen molar-refractivity contribution < 1.29 is 9.18 Å². The number of carbonyl (C=O) groups excluding carboxylic acids is 1. The molecule has 2 atom stereocenters. The van der Waals surface area contributed by atoms with Crippen LogP contribution in [0.25, 0.3) is 10.2 Å². The SMILES string of the molecule is CN[C@H]1CCN(c2cc(F)c(CCNC(=O)c3sc4nc(C)ccc4c3N)cc2P)C1. The van der Waals surface area contributed by atoms with Gasteiger partial charge in [0.15, 0.2) is 0 Å². The van der Waals surface area contributed by atoms with Crippen molar-refractivity contribution >= 4 is 53.4 Å². The average Bonchev–Trinajstić information content (AvgIpc) is 3.34. The van der Waals surface area contributed by atoms with Crippen molar-refractivity contribution in [3.05, 3.63) is 46.2 Å². The molecule has 3 heterocycles. The number of amides is 1. The number of benzene rings is 1. The summed E-state index contributed by atoms with van der Waals surface area (Å²) < 4.78 is 14.8. The largest absolute Gasteiger partial charge is 0.397 e. The maximum absolute atomic E-state index is 14.8. The molecule has 1 unspecified atom stereocenters. The van der Waals surface area contributed by atoms with Gasteiger partial charge in [0.2, 0.25) is 0 Å². The summed E-state index contributed by atoms with van der Waals surface area (Å²) in [5, 5.41) is 7.90. The third-order valence-electron chi connectivity index (χ3n) is 5.75. The number of pyridine rings is 1. The number of anilines is 2. The van der Waals surface area contributed by atoms with E-state index in [1.54, 1.807) is 6.07 Å². The maximum Gasteiger partial charge on any atom is 0.263 e. The first-order valence-electron chi connectivity index (χ1n) is 10.3. The van der Waals surface area contributed by atoms with E-state index in [1.807, 2.05) is 32.2 Å². The zero-order valence-electron chi connectivity index (χ0n) is 17.7. The summed E-state index contributed by atoms with van der Waals surface area (Å²) in [7, 11) is 4.67. The highest BCUT2D eigenvalue weighted by Gasteiger charge is 2.23. The molecular formula is C22H27FN5OPS. The maximum atomic E-state index is 14.8. The molecule has 31 heavy (non-hydrogen) atoms. The lowest BCUT2D eigenvalue weighted by Crippen LogP contribution is -2.31. The highest BCUT2D eigenvalue weighted by atomic mass is 32.1. The van der Waals surface area contributed by atoms with Crippen LogP contribution in [0.4, 0.5) is 15.8 Å². The van der Waals surface area contributed by atoms with Gasteiger partial charge in [-0.1, -0.05) is 0 Å². The minimum absolute atomic E-state index is 0.246. The summed E-state index contributed by atoms with van der Waals surface area (Å²) in [6.07, 6.45) is 1.45. The number of aromatic nitrogens is 1. The number of nitrogen functional groups attached to an aromatic ring is 1. The second-order valence-electron chi connectivity index (χ2n) is 7.88. The van der Waals surface area contributed by atoms with E-state index in [4.69, 9.17) is 5.73 Å². The molecule has 2 aromatic heterocycles. The Kier molecular flexibility index (Phi) is 6.42. The van der Waals surface area contributed by atoms with Gasteiger partial charge in [-0.15, -0.1) is 20.6 Å². The fourth-order valence-electron chi connectivity index (χ4n) is 3.96. The predicted molar refractivity (Wildman–Crippen MR) is 130 cm³/mol. The Balaban J connectivity index is 1.41. The van der Waals surface area contributed by atoms with Crippen LogP contribution in [0.3, 0.4) is 0 Å². The summed E-state index contributed by atoms with van der Waals surface area (Å²) in [6.45, 7) is 4.01. The Morgan fingerprint density at radius 2 is 2.23 bits per heavy atom. The van der Waals surface area contributed by atoms with E-state index in [-0.39, 0.29) is 11.7 Å². The van der Waals surface area contributed by atoms with Gasteiger partial charge in [0, 0.05) is 42.4 Å². The lowest BCUT2D eigenvalue weighted by atomic mass is 10.1. The summed E-state index contributed by atoms with van der Waals surface area (Å²) in [4.78, 5) is 20.5. The number of aryl methyl sites for hydroxylation is 1. The Labute approximate surface area is 187 Å². The standard InChI is InChI=1S/C22H27FN5OPS/c1-12-3-4-15-19(24)20(31-22(15)27-12)21(29)26-7-5-13-9-18(30)17(10-16(13)23)28-8-6-14(11-28)25-2/h3-4,9-10,14,25H,5-8,11,24,30H2,1-2H3,(H,26,29)/t14-/m0/s1. The van der Waals surface area contributed by atoms with Crippen LogP contribution in [0.1, 0.15) is 27.3 Å². The topological polar surface area (TPSA) is 83.3 Å². The highest BCUT2D eigenvalue weighted by Crippen LogP contribution is 2.32. The molecule has 9 heteroatoms. The van der Waals surface area contributed by atoms with E-state index >= 15 is 0 Å². The van der Waals surface area contributed by atoms with Gasteiger partial charge in [-0.3, -0.25) is 4.79 Å². The molecular weight excluding hydrogens is 432 g/mol. The van der Waals surface area contributed by atoms with Crippen molar-refractivity contribution in [1.29, 1.82) is 0 Å². The molecule has 4 rings (SSSR count). The Bertz CT molecular complexity index is 1130. The lowest BCUT2D eigenvalue weighted by molar-refractivity contribution is 0.0959. The van der Waals surface area contributed by atoms with Gasteiger partial charge in [-0.25, -0.2) is 9.37 Å². The molecule has 1 saturated heterocycles. The number of nitrogens with two attached hydrogens (primary N) is 1. The van der Waals surface area contributed by atoms with Crippen molar-refractivity contribution in [2.24, 2.45) is 0 Å². The molecule has 0 aliphatic carbocycles. The van der Waals surface area contributed by atoms with Gasteiger partial charge in [0.25, 0.3) is 5.91 Å². The van der Waals surface area contributed by atoms with E-state index in [0.717, 1.165) is 46.4 Å². The number of nitrogens with one attached hydrogen (secondary N) is 2. The highest BCUT2D eigenvalue weighted by molar-refractivity contribution is 7.28. The fourth-order valence-corrected chi connectivity index (χ4v) is 5.48. The number of rotatable bonds is 6. The smallest absolute Gasteiger partial charge is 0.263 e. The first-order chi connectivity index (χ1) is 14.9. The molecule has 0 spiro atoms. The molecule has 4 N–H and O–H groups in total. The molecule has 0 radical (unpaired) electrons. The monoisotopic (exact) mass is 459 g/mol. The number of hydrogen-bond acceptors (Lipinski definition) is 6. The van der Waals surface area contributed by atoms with E-state index < -0.39 is 0 Å². The molecule has 3 aromatic rings. The second kappa shape index (κ2) is 9.07. The third-order valence-corrected chi connectivity index (χ3v) is 7.33. The zero-order chi connectivity index (χ0) is 22.1. The number of likely N-dealkylation sites (N-methyl/N-ethyl adjacent to an activating group) is 1. The average molecular weight is 460 g/mol. The van der Waals surface area contributed by atoms with Crippen LogP contribution in [0, 0.1) is 12.7 Å². The van der Waals surface area contributed by atoms with Gasteiger partial charge in [0.05, 0.1) is 5.69 Å². The predicted octanol–water partition coefficient (Wildman–Crippen LogP) is 2.60. The Morgan fingerprint density at radius 1 is 1.42 bits per heavy atom. The molecule has 6 nitrogen and oxygen atoms in total. The molecule has 0 bridgehead atoms. The van der Waals surface area contributed by atoms with Crippen molar-refractivity contribution in [3.63, 3.8) is 0 Å². The van der Waals surface area contributed by atoms with E-state index in [0.29, 0.717) is 35.1 Å². The number of carbonyl (C=O) groups is 1. The molecule has 0 saturated carbocycles. The van der Waals surface area contributed by atoms with Crippen molar-refractivity contribution in [1.82, 2.24) is 15.6 Å². The summed E-state index contributed by atoms with van der Waals surface area (Å²) in [5.41, 5.74) is 8.97. The first kappa shape index (κ1) is 21.9. The van der Waals surface area contributed by atoms with E-state index in [9.17, 15) is 9.18 Å². The normalized spacial score (nSPS) is 16.3. The molecule has 1 aliphatic rings. The van der Waals surface area contributed by atoms with Crippen LogP contribution in [0.5, 0.6) is 0 Å². The van der Waals surface area contributed by atoms with Crippen LogP contribution in [-0.4, -0.2) is 43.6 Å². The number of hydrogen-bond donors (Lipinski definition) is 3. The van der Waals surface area contributed by atoms with Crippen molar-refractivity contribution in [2.75, 3.05) is 37.3 Å². The van der Waals surface area contributed by atoms with Crippen molar-refractivity contribution in [2.45, 2.75) is 25.8 Å². The van der Waals surface area contributed by atoms with Gasteiger partial charge >= 0.3 is 0 Å². The van der Waals surface area contributed by atoms with E-state index in [2.05, 4.69) is 29.8 Å². The van der Waals surface area contributed by atoms with Crippen LogP contribution in [-0.2, 0) is 6.42 Å². The first-order valence-corrected chi connectivity index (χ1v) is 11.7. The zero-order valence-corrected chi connectivity index (χ0v) is 19.6. The number of thiophene rings is 1. The summed E-state index contributed by atoms with van der Waals surface area (Å²) in [6, 6.07) is 7.66. The molecule has 1 aromatic carbocycles. The summed E-state index contributed by atoms with van der Waals surface area (Å²) >= 11 is 1.28. The Morgan fingerprint density at radius 3 is 2.97 bits per heavy atom. The second-order valence-corrected chi connectivity index (χ2v) is 9.50. The van der Waals surface area contributed by atoms with Crippen LogP contribution < -0.4 is 26.6 Å². The minimum atomic E-state index is -0.253. The van der Waals surface area contributed by atoms with Crippen LogP contribution in [0.15, 0.2) is 24.3 Å². The fraction of sp³-hybridized carbons (Fsp3) is 0.364. The van der Waals surface area contributed by atoms with Gasteiger partial charge in [0.1, 0.15) is 15.5 Å². The molecule has 1 fully saturated rings.